The zero-order valence-corrected chi connectivity index (χ0v) is 11.5. The summed E-state index contributed by atoms with van der Waals surface area (Å²) in [4.78, 5) is 26.2. The Morgan fingerprint density at radius 3 is 2.81 bits per heavy atom. The van der Waals surface area contributed by atoms with Crippen LogP contribution in [0.25, 0.3) is 10.9 Å². The molecule has 0 saturated heterocycles. The molecule has 4 rings (SSSR count). The van der Waals surface area contributed by atoms with Gasteiger partial charge in [-0.1, -0.05) is 12.1 Å². The molecule has 0 bridgehead atoms. The van der Waals surface area contributed by atoms with Gasteiger partial charge in [-0.2, -0.15) is 0 Å². The quantitative estimate of drug-likeness (QED) is 0.882. The van der Waals surface area contributed by atoms with Crippen LogP contribution in [0.2, 0.25) is 0 Å². The molecule has 2 aliphatic carbocycles. The second kappa shape index (κ2) is 3.93. The molecule has 2 aromatic rings. The zero-order chi connectivity index (χ0) is 14.8. The molecule has 2 fully saturated rings. The summed E-state index contributed by atoms with van der Waals surface area (Å²) in [6.07, 6.45) is 2.08. The van der Waals surface area contributed by atoms with Gasteiger partial charge in [0.15, 0.2) is 5.82 Å². The highest BCUT2D eigenvalue weighted by Crippen LogP contribution is 2.75. The van der Waals surface area contributed by atoms with E-state index in [4.69, 9.17) is 4.74 Å². The van der Waals surface area contributed by atoms with Crippen LogP contribution in [0.4, 0.5) is 4.39 Å². The van der Waals surface area contributed by atoms with E-state index in [2.05, 4.69) is 4.98 Å². The van der Waals surface area contributed by atoms with Gasteiger partial charge in [0.05, 0.1) is 12.1 Å². The van der Waals surface area contributed by atoms with Gasteiger partial charge < -0.3 is 9.72 Å². The molecule has 0 spiro atoms. The smallest absolute Gasteiger partial charge is 0.343 e. The van der Waals surface area contributed by atoms with Gasteiger partial charge in [0, 0.05) is 10.8 Å². The summed E-state index contributed by atoms with van der Waals surface area (Å²) in [7, 11) is 0. The number of aromatic amines is 1. The maximum Gasteiger partial charge on any atom is 0.343 e. The van der Waals surface area contributed by atoms with Crippen LogP contribution in [0.15, 0.2) is 23.0 Å². The number of esters is 1. The summed E-state index contributed by atoms with van der Waals surface area (Å²) in [6.45, 7) is 1.85. The first kappa shape index (κ1) is 12.6. The van der Waals surface area contributed by atoms with Crippen molar-refractivity contribution in [2.75, 3.05) is 6.61 Å². The van der Waals surface area contributed by atoms with Crippen LogP contribution in [0, 0.1) is 11.7 Å². The van der Waals surface area contributed by atoms with E-state index in [1.807, 2.05) is 0 Å². The van der Waals surface area contributed by atoms with Gasteiger partial charge in [0.1, 0.15) is 5.56 Å². The van der Waals surface area contributed by atoms with Crippen molar-refractivity contribution in [3.05, 3.63) is 45.5 Å². The first-order chi connectivity index (χ1) is 10.1. The molecule has 2 aliphatic rings. The molecule has 5 heteroatoms. The number of pyridine rings is 1. The highest BCUT2D eigenvalue weighted by atomic mass is 19.1. The lowest BCUT2D eigenvalue weighted by molar-refractivity contribution is 0.0524. The molecule has 21 heavy (non-hydrogen) atoms. The molecule has 1 aromatic carbocycles. The van der Waals surface area contributed by atoms with Crippen LogP contribution >= 0.6 is 0 Å². The fourth-order valence-corrected chi connectivity index (χ4v) is 3.13. The standard InChI is InChI=1S/C16H14FNO3/c1-2-21-15(20)10-5-8-3-4-11(16-6-9(16)7-16)12(17)13(8)18-14(10)19/h3-5,9H,2,6-7H2,1H3,(H,18,19). The van der Waals surface area contributed by atoms with Gasteiger partial charge in [-0.05, 0) is 37.3 Å². The highest BCUT2D eigenvalue weighted by Gasteiger charge is 2.71. The number of nitrogens with one attached hydrogen (secondary N) is 1. The van der Waals surface area contributed by atoms with Crippen LogP contribution in [0.5, 0.6) is 0 Å². The van der Waals surface area contributed by atoms with E-state index in [0.717, 1.165) is 12.8 Å². The van der Waals surface area contributed by atoms with E-state index < -0.39 is 11.5 Å². The highest BCUT2D eigenvalue weighted by molar-refractivity contribution is 5.94. The Labute approximate surface area is 119 Å². The van der Waals surface area contributed by atoms with E-state index in [0.29, 0.717) is 16.9 Å². The number of aromatic nitrogens is 1. The summed E-state index contributed by atoms with van der Waals surface area (Å²) in [5.74, 6) is -0.428. The summed E-state index contributed by atoms with van der Waals surface area (Å²) in [5, 5.41) is 0.508. The summed E-state index contributed by atoms with van der Waals surface area (Å²) >= 11 is 0. The predicted octanol–water partition coefficient (Wildman–Crippen LogP) is 2.51. The largest absolute Gasteiger partial charge is 0.462 e. The molecular formula is C16H14FNO3. The monoisotopic (exact) mass is 287 g/mol. The van der Waals surface area contributed by atoms with E-state index >= 15 is 0 Å². The lowest BCUT2D eigenvalue weighted by Crippen LogP contribution is -2.20. The van der Waals surface area contributed by atoms with Crippen molar-refractivity contribution in [3.8, 4) is 0 Å². The minimum absolute atomic E-state index is 0.0367. The lowest BCUT2D eigenvalue weighted by atomic mass is 10.00. The van der Waals surface area contributed by atoms with Gasteiger partial charge in [0.2, 0.25) is 0 Å². The summed E-state index contributed by atoms with van der Waals surface area (Å²) < 4.78 is 19.4. The number of rotatable bonds is 3. The molecular weight excluding hydrogens is 273 g/mol. The molecule has 1 heterocycles. The van der Waals surface area contributed by atoms with Crippen molar-refractivity contribution in [2.24, 2.45) is 5.92 Å². The first-order valence-electron chi connectivity index (χ1n) is 7.10. The van der Waals surface area contributed by atoms with E-state index in [-0.39, 0.29) is 28.9 Å². The molecule has 108 valence electrons. The van der Waals surface area contributed by atoms with E-state index in [1.165, 1.54) is 6.07 Å². The molecule has 0 unspecified atom stereocenters. The maximum atomic E-state index is 14.6. The van der Waals surface area contributed by atoms with Gasteiger partial charge >= 0.3 is 5.97 Å². The SMILES string of the molecule is CCOC(=O)c1cc2ccc(C34CC3C4)c(F)c2[nH]c1=O. The Bertz CT molecular complexity index is 833. The number of H-pyrrole nitrogens is 1. The molecule has 0 radical (unpaired) electrons. The first-order valence-corrected chi connectivity index (χ1v) is 7.10. The van der Waals surface area contributed by atoms with Crippen molar-refractivity contribution in [2.45, 2.75) is 25.2 Å². The van der Waals surface area contributed by atoms with Crippen molar-refractivity contribution in [1.29, 1.82) is 0 Å². The normalized spacial score (nSPS) is 25.5. The van der Waals surface area contributed by atoms with Crippen molar-refractivity contribution in [1.82, 2.24) is 4.98 Å². The second-order valence-corrected chi connectivity index (χ2v) is 5.89. The third-order valence-electron chi connectivity index (χ3n) is 4.67. The fraction of sp³-hybridized carbons (Fsp3) is 0.375. The lowest BCUT2D eigenvalue weighted by Gasteiger charge is -2.09. The van der Waals surface area contributed by atoms with Crippen LogP contribution < -0.4 is 5.56 Å². The average Bonchev–Trinajstić information content (AvgIpc) is 3.29. The van der Waals surface area contributed by atoms with Gasteiger partial charge in [-0.15, -0.1) is 0 Å². The number of ether oxygens (including phenoxy) is 1. The van der Waals surface area contributed by atoms with Crippen LogP contribution in [-0.2, 0) is 10.2 Å². The second-order valence-electron chi connectivity index (χ2n) is 5.89. The Balaban J connectivity index is 1.87. The van der Waals surface area contributed by atoms with Gasteiger partial charge in [0.25, 0.3) is 5.56 Å². The van der Waals surface area contributed by atoms with Crippen LogP contribution in [0.3, 0.4) is 0 Å². The van der Waals surface area contributed by atoms with Crippen LogP contribution in [0.1, 0.15) is 35.7 Å². The summed E-state index contributed by atoms with van der Waals surface area (Å²) in [6, 6.07) is 4.93. The number of benzene rings is 1. The average molecular weight is 287 g/mol. The number of carbonyl (C=O) groups is 1. The Hall–Kier alpha value is -2.17. The molecule has 1 N–H and O–H groups in total. The number of halogens is 1. The van der Waals surface area contributed by atoms with Gasteiger partial charge in [-0.25, -0.2) is 9.18 Å². The third kappa shape index (κ3) is 1.66. The van der Waals surface area contributed by atoms with Gasteiger partial charge in [-0.3, -0.25) is 4.79 Å². The van der Waals surface area contributed by atoms with E-state index in [1.54, 1.807) is 19.1 Å². The molecule has 2 saturated carbocycles. The van der Waals surface area contributed by atoms with Crippen LogP contribution in [-0.4, -0.2) is 17.6 Å². The fourth-order valence-electron chi connectivity index (χ4n) is 3.13. The third-order valence-corrected chi connectivity index (χ3v) is 4.67. The minimum Gasteiger partial charge on any atom is -0.462 e. The Morgan fingerprint density at radius 2 is 2.19 bits per heavy atom. The molecule has 0 amide bonds. The van der Waals surface area contributed by atoms with Crippen molar-refractivity contribution in [3.63, 3.8) is 0 Å². The molecule has 4 nitrogen and oxygen atoms in total. The van der Waals surface area contributed by atoms with E-state index in [9.17, 15) is 14.0 Å². The number of fused-ring (bicyclic) bond motifs is 2. The Morgan fingerprint density at radius 1 is 1.48 bits per heavy atom. The maximum absolute atomic E-state index is 14.6. The number of hydrogen-bond donors (Lipinski definition) is 1. The minimum atomic E-state index is -0.687. The summed E-state index contributed by atoms with van der Waals surface area (Å²) in [5.41, 5.74) is 0.203. The number of carbonyl (C=O) groups excluding carboxylic acids is 1. The molecule has 0 aliphatic heterocycles. The molecule has 1 aromatic heterocycles. The Kier molecular flexibility index (Phi) is 2.35. The zero-order valence-electron chi connectivity index (χ0n) is 11.5. The topological polar surface area (TPSA) is 59.2 Å². The number of hydrogen-bond acceptors (Lipinski definition) is 3. The van der Waals surface area contributed by atoms with Crippen molar-refractivity contribution < 1.29 is 13.9 Å². The predicted molar refractivity (Wildman–Crippen MR) is 74.9 cm³/mol. The molecule has 0 atom stereocenters. The van der Waals surface area contributed by atoms with Crippen molar-refractivity contribution >= 4 is 16.9 Å².